The van der Waals surface area contributed by atoms with Crippen molar-refractivity contribution >= 4 is 17.5 Å². The lowest BCUT2D eigenvalue weighted by Gasteiger charge is -2.17. The molecule has 0 aromatic heterocycles. The van der Waals surface area contributed by atoms with Gasteiger partial charge in [0.05, 0.1) is 5.92 Å². The van der Waals surface area contributed by atoms with E-state index in [9.17, 15) is 18.4 Å². The van der Waals surface area contributed by atoms with Crippen LogP contribution in [0.1, 0.15) is 24.3 Å². The first-order chi connectivity index (χ1) is 13.0. The molecule has 1 saturated carbocycles. The van der Waals surface area contributed by atoms with Gasteiger partial charge in [0.25, 0.3) is 0 Å². The van der Waals surface area contributed by atoms with Crippen LogP contribution in [-0.4, -0.2) is 24.9 Å². The Bertz CT molecular complexity index is 851. The summed E-state index contributed by atoms with van der Waals surface area (Å²) in [6.07, 6.45) is 1.10. The minimum absolute atomic E-state index is 0.0523. The summed E-state index contributed by atoms with van der Waals surface area (Å²) in [6, 6.07) is 13.2. The molecule has 3 atom stereocenters. The van der Waals surface area contributed by atoms with Crippen molar-refractivity contribution < 1.29 is 18.4 Å². The Kier molecular flexibility index (Phi) is 4.64. The van der Waals surface area contributed by atoms with Gasteiger partial charge in [0.2, 0.25) is 11.8 Å². The van der Waals surface area contributed by atoms with E-state index < -0.39 is 17.6 Å². The molecule has 1 aliphatic carbocycles. The Hall–Kier alpha value is -2.76. The minimum Gasteiger partial charge on any atom is -0.355 e. The van der Waals surface area contributed by atoms with Crippen LogP contribution in [0.15, 0.2) is 48.5 Å². The first kappa shape index (κ1) is 17.6. The second-order valence-corrected chi connectivity index (χ2v) is 7.29. The average Bonchev–Trinajstić information content (AvgIpc) is 3.32. The third-order valence-corrected chi connectivity index (χ3v) is 5.34. The highest BCUT2D eigenvalue weighted by Gasteiger charge is 2.40. The van der Waals surface area contributed by atoms with Crippen LogP contribution in [0.4, 0.5) is 14.5 Å². The van der Waals surface area contributed by atoms with Gasteiger partial charge in [-0.1, -0.05) is 30.3 Å². The summed E-state index contributed by atoms with van der Waals surface area (Å²) >= 11 is 0. The number of anilines is 1. The molecule has 0 bridgehead atoms. The maximum Gasteiger partial charge on any atom is 0.227 e. The number of carbonyl (C=O) groups is 2. The standard InChI is InChI=1S/C21H20F2N2O2/c22-16-8-17(23)10-18(9-16)25-12-15(7-20(25)26)21(27)24-11-14-6-19(14)13-4-2-1-3-5-13/h1-5,8-10,14-15,19H,6-7,11-12H2,(H,24,27). The summed E-state index contributed by atoms with van der Waals surface area (Å²) in [6.45, 7) is 0.720. The van der Waals surface area contributed by atoms with E-state index in [0.29, 0.717) is 18.4 Å². The van der Waals surface area contributed by atoms with Gasteiger partial charge >= 0.3 is 0 Å². The van der Waals surface area contributed by atoms with E-state index in [4.69, 9.17) is 0 Å². The summed E-state index contributed by atoms with van der Waals surface area (Å²) < 4.78 is 26.8. The van der Waals surface area contributed by atoms with Gasteiger partial charge in [0.1, 0.15) is 11.6 Å². The van der Waals surface area contributed by atoms with Crippen molar-refractivity contribution in [2.75, 3.05) is 18.0 Å². The van der Waals surface area contributed by atoms with Gasteiger partial charge in [-0.05, 0) is 36.0 Å². The van der Waals surface area contributed by atoms with Gasteiger partial charge in [-0.15, -0.1) is 0 Å². The molecule has 2 aliphatic rings. The number of amides is 2. The van der Waals surface area contributed by atoms with Crippen LogP contribution in [0.3, 0.4) is 0 Å². The van der Waals surface area contributed by atoms with Crippen molar-refractivity contribution in [3.8, 4) is 0 Å². The number of halogens is 2. The zero-order valence-electron chi connectivity index (χ0n) is 14.7. The monoisotopic (exact) mass is 370 g/mol. The van der Waals surface area contributed by atoms with Gasteiger partial charge in [-0.25, -0.2) is 8.78 Å². The highest BCUT2D eigenvalue weighted by molar-refractivity contribution is 6.00. The summed E-state index contributed by atoms with van der Waals surface area (Å²) in [5, 5.41) is 2.94. The molecule has 4 nitrogen and oxygen atoms in total. The van der Waals surface area contributed by atoms with Crippen LogP contribution in [0.5, 0.6) is 0 Å². The van der Waals surface area contributed by atoms with E-state index in [-0.39, 0.29) is 30.5 Å². The van der Waals surface area contributed by atoms with Crippen LogP contribution < -0.4 is 10.2 Å². The minimum atomic E-state index is -0.744. The molecule has 1 N–H and O–H groups in total. The Morgan fingerprint density at radius 1 is 1.11 bits per heavy atom. The molecule has 27 heavy (non-hydrogen) atoms. The normalized spacial score (nSPS) is 24.1. The van der Waals surface area contributed by atoms with E-state index in [1.165, 1.54) is 10.5 Å². The van der Waals surface area contributed by atoms with Crippen molar-refractivity contribution in [2.45, 2.75) is 18.8 Å². The van der Waals surface area contributed by atoms with Crippen LogP contribution >= 0.6 is 0 Å². The van der Waals surface area contributed by atoms with Crippen LogP contribution in [0.25, 0.3) is 0 Å². The SMILES string of the molecule is O=C(NCC1CC1c1ccccc1)C1CC(=O)N(c2cc(F)cc(F)c2)C1. The van der Waals surface area contributed by atoms with Crippen LogP contribution in [0.2, 0.25) is 0 Å². The maximum atomic E-state index is 13.4. The van der Waals surface area contributed by atoms with Gasteiger partial charge < -0.3 is 10.2 Å². The Balaban J connectivity index is 1.32. The van der Waals surface area contributed by atoms with Gasteiger partial charge in [0, 0.05) is 31.3 Å². The number of hydrogen-bond donors (Lipinski definition) is 1. The molecule has 2 fully saturated rings. The van der Waals surface area contributed by atoms with Crippen LogP contribution in [-0.2, 0) is 9.59 Å². The molecule has 1 heterocycles. The molecule has 0 radical (unpaired) electrons. The lowest BCUT2D eigenvalue weighted by atomic mass is 10.1. The zero-order valence-corrected chi connectivity index (χ0v) is 14.7. The van der Waals surface area contributed by atoms with Gasteiger partial charge in [-0.3, -0.25) is 9.59 Å². The second kappa shape index (κ2) is 7.10. The number of rotatable bonds is 5. The van der Waals surface area contributed by atoms with Crippen molar-refractivity contribution in [1.82, 2.24) is 5.32 Å². The van der Waals surface area contributed by atoms with E-state index >= 15 is 0 Å². The smallest absolute Gasteiger partial charge is 0.227 e. The van der Waals surface area contributed by atoms with E-state index in [1.54, 1.807) is 0 Å². The van der Waals surface area contributed by atoms with Crippen molar-refractivity contribution in [3.63, 3.8) is 0 Å². The summed E-state index contributed by atoms with van der Waals surface area (Å²) in [4.78, 5) is 25.9. The molecular formula is C21H20F2N2O2. The average molecular weight is 370 g/mol. The molecule has 3 unspecified atom stereocenters. The van der Waals surface area contributed by atoms with Crippen molar-refractivity contribution in [1.29, 1.82) is 0 Å². The lowest BCUT2D eigenvalue weighted by Crippen LogP contribution is -2.34. The Morgan fingerprint density at radius 2 is 1.81 bits per heavy atom. The van der Waals surface area contributed by atoms with E-state index in [2.05, 4.69) is 17.4 Å². The molecule has 6 heteroatoms. The van der Waals surface area contributed by atoms with Crippen LogP contribution in [0, 0.1) is 23.5 Å². The molecule has 1 saturated heterocycles. The highest BCUT2D eigenvalue weighted by atomic mass is 19.1. The van der Waals surface area contributed by atoms with Crippen molar-refractivity contribution in [3.05, 3.63) is 65.7 Å². The number of nitrogens with one attached hydrogen (secondary N) is 1. The summed E-state index contributed by atoms with van der Waals surface area (Å²) in [5.74, 6) is -1.57. The van der Waals surface area contributed by atoms with Crippen molar-refractivity contribution in [2.24, 2.45) is 11.8 Å². The third-order valence-electron chi connectivity index (χ3n) is 5.34. The van der Waals surface area contributed by atoms with E-state index in [0.717, 1.165) is 24.6 Å². The molecule has 0 spiro atoms. The highest BCUT2D eigenvalue weighted by Crippen LogP contribution is 2.46. The molecular weight excluding hydrogens is 350 g/mol. The number of benzene rings is 2. The number of carbonyl (C=O) groups excluding carboxylic acids is 2. The Morgan fingerprint density at radius 3 is 2.52 bits per heavy atom. The molecule has 2 aromatic rings. The zero-order chi connectivity index (χ0) is 19.0. The maximum absolute atomic E-state index is 13.4. The molecule has 1 aliphatic heterocycles. The van der Waals surface area contributed by atoms with E-state index in [1.807, 2.05) is 18.2 Å². The topological polar surface area (TPSA) is 49.4 Å². The Labute approximate surface area is 156 Å². The second-order valence-electron chi connectivity index (χ2n) is 7.29. The largest absolute Gasteiger partial charge is 0.355 e. The molecule has 2 aromatic carbocycles. The number of nitrogens with zero attached hydrogens (tertiary/aromatic N) is 1. The molecule has 140 valence electrons. The molecule has 2 amide bonds. The first-order valence-corrected chi connectivity index (χ1v) is 9.10. The van der Waals surface area contributed by atoms with Gasteiger partial charge in [0.15, 0.2) is 0 Å². The molecule has 4 rings (SSSR count). The number of hydrogen-bond acceptors (Lipinski definition) is 2. The quantitative estimate of drug-likeness (QED) is 0.879. The summed E-state index contributed by atoms with van der Waals surface area (Å²) in [7, 11) is 0. The fourth-order valence-electron chi connectivity index (χ4n) is 3.79. The fraction of sp³-hybridized carbons (Fsp3) is 0.333. The fourth-order valence-corrected chi connectivity index (χ4v) is 3.79. The lowest BCUT2D eigenvalue weighted by molar-refractivity contribution is -0.126. The predicted molar refractivity (Wildman–Crippen MR) is 97.1 cm³/mol. The third kappa shape index (κ3) is 3.84. The summed E-state index contributed by atoms with van der Waals surface area (Å²) in [5.41, 5.74) is 1.44. The van der Waals surface area contributed by atoms with Gasteiger partial charge in [-0.2, -0.15) is 0 Å². The predicted octanol–water partition coefficient (Wildman–Crippen LogP) is 3.24. The first-order valence-electron chi connectivity index (χ1n) is 9.10.